The SMILES string of the molecule is CC(C)(C)c1ccc(C(=O)N2CCN(c3ccc([N+](=O)[O-])nc3)CC2)cc1. The number of rotatable bonds is 3. The highest BCUT2D eigenvalue weighted by atomic mass is 16.6. The van der Waals surface area contributed by atoms with E-state index in [1.807, 2.05) is 29.2 Å². The number of piperazine rings is 1. The monoisotopic (exact) mass is 368 g/mol. The van der Waals surface area contributed by atoms with Gasteiger partial charge in [0.25, 0.3) is 5.91 Å². The van der Waals surface area contributed by atoms with Crippen LogP contribution in [0.25, 0.3) is 0 Å². The molecule has 1 amide bonds. The van der Waals surface area contributed by atoms with E-state index in [9.17, 15) is 14.9 Å². The molecule has 0 radical (unpaired) electrons. The minimum Gasteiger partial charge on any atom is -0.365 e. The number of anilines is 1. The van der Waals surface area contributed by atoms with Crippen molar-refractivity contribution in [3.05, 3.63) is 63.8 Å². The summed E-state index contributed by atoms with van der Waals surface area (Å²) < 4.78 is 0. The first-order chi connectivity index (χ1) is 12.8. The molecule has 0 unspecified atom stereocenters. The van der Waals surface area contributed by atoms with Crippen LogP contribution in [0.4, 0.5) is 11.5 Å². The predicted octanol–water partition coefficient (Wildman–Crippen LogP) is 3.25. The van der Waals surface area contributed by atoms with Gasteiger partial charge in [0.15, 0.2) is 6.20 Å². The summed E-state index contributed by atoms with van der Waals surface area (Å²) >= 11 is 0. The van der Waals surface area contributed by atoms with Crippen LogP contribution >= 0.6 is 0 Å². The number of aromatic nitrogens is 1. The number of benzene rings is 1. The molecule has 1 aliphatic rings. The van der Waals surface area contributed by atoms with Crippen molar-refractivity contribution in [3.63, 3.8) is 0 Å². The molecule has 1 aromatic heterocycles. The molecule has 0 saturated carbocycles. The van der Waals surface area contributed by atoms with Crippen molar-refractivity contribution in [2.24, 2.45) is 0 Å². The third kappa shape index (κ3) is 4.24. The van der Waals surface area contributed by atoms with Crippen LogP contribution < -0.4 is 4.90 Å². The third-order valence-electron chi connectivity index (χ3n) is 4.85. The van der Waals surface area contributed by atoms with Crippen molar-refractivity contribution in [2.75, 3.05) is 31.1 Å². The molecule has 0 bridgehead atoms. The second kappa shape index (κ2) is 7.34. The number of hydrogen-bond acceptors (Lipinski definition) is 5. The van der Waals surface area contributed by atoms with Gasteiger partial charge in [-0.3, -0.25) is 4.79 Å². The average Bonchev–Trinajstić information content (AvgIpc) is 2.67. The second-order valence-corrected chi connectivity index (χ2v) is 7.74. The summed E-state index contributed by atoms with van der Waals surface area (Å²) in [6.07, 6.45) is 1.51. The first-order valence-corrected chi connectivity index (χ1v) is 9.01. The van der Waals surface area contributed by atoms with Crippen LogP contribution in [0.2, 0.25) is 0 Å². The third-order valence-corrected chi connectivity index (χ3v) is 4.85. The molecule has 1 fully saturated rings. The van der Waals surface area contributed by atoms with Crippen molar-refractivity contribution >= 4 is 17.4 Å². The lowest BCUT2D eigenvalue weighted by Crippen LogP contribution is -2.48. The summed E-state index contributed by atoms with van der Waals surface area (Å²) in [4.78, 5) is 30.7. The summed E-state index contributed by atoms with van der Waals surface area (Å²) in [6.45, 7) is 9.01. The van der Waals surface area contributed by atoms with Gasteiger partial charge in [0.1, 0.15) is 0 Å². The number of pyridine rings is 1. The number of carbonyl (C=O) groups excluding carboxylic acids is 1. The van der Waals surface area contributed by atoms with E-state index in [0.717, 1.165) is 5.69 Å². The van der Waals surface area contributed by atoms with Gasteiger partial charge < -0.3 is 19.9 Å². The van der Waals surface area contributed by atoms with Crippen molar-refractivity contribution in [3.8, 4) is 0 Å². The molecule has 142 valence electrons. The van der Waals surface area contributed by atoms with Gasteiger partial charge >= 0.3 is 5.82 Å². The van der Waals surface area contributed by atoms with Gasteiger partial charge in [0.05, 0.1) is 5.69 Å². The van der Waals surface area contributed by atoms with E-state index >= 15 is 0 Å². The van der Waals surface area contributed by atoms with Crippen LogP contribution in [0.15, 0.2) is 42.6 Å². The molecule has 27 heavy (non-hydrogen) atoms. The highest BCUT2D eigenvalue weighted by molar-refractivity contribution is 5.94. The van der Waals surface area contributed by atoms with Crippen LogP contribution in [-0.4, -0.2) is 46.9 Å². The summed E-state index contributed by atoms with van der Waals surface area (Å²) in [6, 6.07) is 10.9. The zero-order valence-electron chi connectivity index (χ0n) is 15.9. The summed E-state index contributed by atoms with van der Waals surface area (Å²) in [5.41, 5.74) is 2.80. The normalized spacial score (nSPS) is 14.9. The van der Waals surface area contributed by atoms with Crippen LogP contribution in [0.3, 0.4) is 0 Å². The van der Waals surface area contributed by atoms with Gasteiger partial charge in [0, 0.05) is 37.8 Å². The standard InChI is InChI=1S/C20H24N4O3/c1-20(2,3)16-6-4-15(5-7-16)19(25)23-12-10-22(11-13-23)17-8-9-18(21-14-17)24(26)27/h4-9,14H,10-13H2,1-3H3. The Labute approximate surface area is 158 Å². The molecule has 3 rings (SSSR count). The summed E-state index contributed by atoms with van der Waals surface area (Å²) in [5, 5.41) is 10.7. The number of nitrogens with zero attached hydrogens (tertiary/aromatic N) is 4. The van der Waals surface area contributed by atoms with Crippen molar-refractivity contribution < 1.29 is 9.72 Å². The van der Waals surface area contributed by atoms with E-state index in [2.05, 4.69) is 30.7 Å². The Morgan fingerprint density at radius 1 is 1.04 bits per heavy atom. The fraction of sp³-hybridized carbons (Fsp3) is 0.400. The predicted molar refractivity (Wildman–Crippen MR) is 104 cm³/mol. The van der Waals surface area contributed by atoms with Crippen LogP contribution in [0, 0.1) is 10.1 Å². The van der Waals surface area contributed by atoms with Gasteiger partial charge in [-0.15, -0.1) is 0 Å². The quantitative estimate of drug-likeness (QED) is 0.614. The molecule has 0 atom stereocenters. The van der Waals surface area contributed by atoms with Gasteiger partial charge in [-0.1, -0.05) is 32.9 Å². The number of hydrogen-bond donors (Lipinski definition) is 0. The highest BCUT2D eigenvalue weighted by Crippen LogP contribution is 2.23. The van der Waals surface area contributed by atoms with Crippen LogP contribution in [0.5, 0.6) is 0 Å². The molecule has 0 spiro atoms. The Kier molecular flexibility index (Phi) is 5.12. The molecule has 7 heteroatoms. The van der Waals surface area contributed by atoms with Gasteiger partial charge in [-0.05, 0) is 39.1 Å². The summed E-state index contributed by atoms with van der Waals surface area (Å²) in [7, 11) is 0. The zero-order chi connectivity index (χ0) is 19.6. The molecule has 1 saturated heterocycles. The molecule has 0 aliphatic carbocycles. The van der Waals surface area contributed by atoms with Gasteiger partial charge in [-0.25, -0.2) is 0 Å². The average molecular weight is 368 g/mol. The summed E-state index contributed by atoms with van der Waals surface area (Å²) in [5.74, 6) is -0.122. The van der Waals surface area contributed by atoms with E-state index in [1.54, 1.807) is 6.07 Å². The Balaban J connectivity index is 1.61. The maximum atomic E-state index is 12.7. The minimum absolute atomic E-state index is 0.0388. The molecule has 2 aromatic rings. The molecule has 1 aromatic carbocycles. The van der Waals surface area contributed by atoms with Crippen LogP contribution in [-0.2, 0) is 5.41 Å². The molecular weight excluding hydrogens is 344 g/mol. The first kappa shape index (κ1) is 18.8. The van der Waals surface area contributed by atoms with E-state index < -0.39 is 4.92 Å². The van der Waals surface area contributed by atoms with Gasteiger partial charge in [-0.2, -0.15) is 0 Å². The Morgan fingerprint density at radius 2 is 1.67 bits per heavy atom. The highest BCUT2D eigenvalue weighted by Gasteiger charge is 2.24. The number of amides is 1. The Morgan fingerprint density at radius 3 is 2.15 bits per heavy atom. The van der Waals surface area contributed by atoms with Crippen molar-refractivity contribution in [2.45, 2.75) is 26.2 Å². The maximum Gasteiger partial charge on any atom is 0.363 e. The second-order valence-electron chi connectivity index (χ2n) is 7.74. The largest absolute Gasteiger partial charge is 0.365 e. The van der Waals surface area contributed by atoms with E-state index in [-0.39, 0.29) is 17.1 Å². The number of nitro groups is 1. The van der Waals surface area contributed by atoms with Crippen molar-refractivity contribution in [1.29, 1.82) is 0 Å². The molecule has 7 nitrogen and oxygen atoms in total. The lowest BCUT2D eigenvalue weighted by atomic mass is 9.86. The van der Waals surface area contributed by atoms with E-state index in [4.69, 9.17) is 0 Å². The molecule has 2 heterocycles. The van der Waals surface area contributed by atoms with Crippen molar-refractivity contribution in [1.82, 2.24) is 9.88 Å². The zero-order valence-corrected chi connectivity index (χ0v) is 15.9. The fourth-order valence-electron chi connectivity index (χ4n) is 3.14. The fourth-order valence-corrected chi connectivity index (χ4v) is 3.14. The Bertz CT molecular complexity index is 818. The smallest absolute Gasteiger partial charge is 0.363 e. The van der Waals surface area contributed by atoms with Crippen LogP contribution in [0.1, 0.15) is 36.7 Å². The maximum absolute atomic E-state index is 12.7. The Hall–Kier alpha value is -2.96. The topological polar surface area (TPSA) is 79.6 Å². The molecule has 1 aliphatic heterocycles. The minimum atomic E-state index is -0.509. The lowest BCUT2D eigenvalue weighted by Gasteiger charge is -2.35. The molecular formula is C20H24N4O3. The van der Waals surface area contributed by atoms with E-state index in [0.29, 0.717) is 31.7 Å². The van der Waals surface area contributed by atoms with E-state index in [1.165, 1.54) is 17.8 Å². The van der Waals surface area contributed by atoms with Gasteiger partial charge in [0.2, 0.25) is 0 Å². The first-order valence-electron chi connectivity index (χ1n) is 9.01. The lowest BCUT2D eigenvalue weighted by molar-refractivity contribution is -0.389. The number of carbonyl (C=O) groups is 1. The molecule has 0 N–H and O–H groups in total.